The first-order chi connectivity index (χ1) is 10.5. The molecular formula is C18H17FN2O. The zero-order valence-electron chi connectivity index (χ0n) is 12.5. The van der Waals surface area contributed by atoms with Crippen LogP contribution >= 0.6 is 0 Å². The molecule has 0 aliphatic carbocycles. The van der Waals surface area contributed by atoms with Crippen LogP contribution < -0.4 is 5.73 Å². The Bertz CT molecular complexity index is 794. The van der Waals surface area contributed by atoms with Crippen LogP contribution in [0.25, 0.3) is 11.1 Å². The maximum atomic E-state index is 14.5. The van der Waals surface area contributed by atoms with Gasteiger partial charge >= 0.3 is 0 Å². The summed E-state index contributed by atoms with van der Waals surface area (Å²) in [6, 6.07) is 16.4. The SMILES string of the molecule is CC(C)(c1ccc(-c2ccccc2)c(F)c1)c1cc(N)on1. The third-order valence-corrected chi connectivity index (χ3v) is 3.94. The fraction of sp³-hybridized carbons (Fsp3) is 0.167. The van der Waals surface area contributed by atoms with Gasteiger partial charge < -0.3 is 10.3 Å². The molecule has 0 spiro atoms. The normalized spacial score (nSPS) is 11.6. The van der Waals surface area contributed by atoms with Crippen LogP contribution in [-0.2, 0) is 5.41 Å². The van der Waals surface area contributed by atoms with Gasteiger partial charge in [-0.05, 0) is 17.2 Å². The van der Waals surface area contributed by atoms with Crippen LogP contribution in [0.5, 0.6) is 0 Å². The Labute approximate surface area is 128 Å². The van der Waals surface area contributed by atoms with E-state index in [1.54, 1.807) is 18.2 Å². The predicted octanol–water partition coefficient (Wildman–Crippen LogP) is 4.39. The Morgan fingerprint density at radius 3 is 2.36 bits per heavy atom. The van der Waals surface area contributed by atoms with Gasteiger partial charge in [0.2, 0.25) is 5.88 Å². The molecule has 0 aliphatic rings. The molecule has 0 amide bonds. The smallest absolute Gasteiger partial charge is 0.222 e. The summed E-state index contributed by atoms with van der Waals surface area (Å²) in [5, 5.41) is 3.95. The van der Waals surface area contributed by atoms with Crippen molar-refractivity contribution in [2.75, 3.05) is 5.73 Å². The molecule has 4 heteroatoms. The van der Waals surface area contributed by atoms with Crippen molar-refractivity contribution in [3.63, 3.8) is 0 Å². The Kier molecular flexibility index (Phi) is 3.45. The van der Waals surface area contributed by atoms with E-state index in [1.807, 2.05) is 50.2 Å². The van der Waals surface area contributed by atoms with Crippen LogP contribution in [0.4, 0.5) is 10.3 Å². The second kappa shape index (κ2) is 5.30. The molecule has 0 bridgehead atoms. The van der Waals surface area contributed by atoms with Gasteiger partial charge in [-0.1, -0.05) is 61.5 Å². The van der Waals surface area contributed by atoms with Gasteiger partial charge in [0.25, 0.3) is 0 Å². The lowest BCUT2D eigenvalue weighted by Gasteiger charge is -2.23. The summed E-state index contributed by atoms with van der Waals surface area (Å²) in [5.41, 5.74) is 8.03. The van der Waals surface area contributed by atoms with Gasteiger partial charge in [0.15, 0.2) is 0 Å². The van der Waals surface area contributed by atoms with Crippen molar-refractivity contribution in [1.29, 1.82) is 0 Å². The van der Waals surface area contributed by atoms with Crippen molar-refractivity contribution in [1.82, 2.24) is 5.16 Å². The highest BCUT2D eigenvalue weighted by molar-refractivity contribution is 5.64. The number of nitrogen functional groups attached to an aromatic ring is 1. The van der Waals surface area contributed by atoms with E-state index in [-0.39, 0.29) is 11.7 Å². The first-order valence-corrected chi connectivity index (χ1v) is 7.06. The van der Waals surface area contributed by atoms with Gasteiger partial charge in [-0.2, -0.15) is 0 Å². The average molecular weight is 296 g/mol. The van der Waals surface area contributed by atoms with Crippen LogP contribution in [0, 0.1) is 5.82 Å². The quantitative estimate of drug-likeness (QED) is 0.780. The summed E-state index contributed by atoms with van der Waals surface area (Å²) in [4.78, 5) is 0. The van der Waals surface area contributed by atoms with Gasteiger partial charge in [0.05, 0.1) is 5.69 Å². The molecule has 3 rings (SSSR count). The predicted molar refractivity (Wildman–Crippen MR) is 84.9 cm³/mol. The number of rotatable bonds is 3. The van der Waals surface area contributed by atoms with Crippen LogP contribution in [0.15, 0.2) is 59.1 Å². The molecule has 1 heterocycles. The maximum absolute atomic E-state index is 14.5. The second-order valence-electron chi connectivity index (χ2n) is 5.80. The first-order valence-electron chi connectivity index (χ1n) is 7.06. The average Bonchev–Trinajstić information content (AvgIpc) is 2.95. The van der Waals surface area contributed by atoms with E-state index in [0.717, 1.165) is 11.1 Å². The number of benzene rings is 2. The fourth-order valence-electron chi connectivity index (χ4n) is 2.49. The van der Waals surface area contributed by atoms with Gasteiger partial charge in [0, 0.05) is 17.0 Å². The van der Waals surface area contributed by atoms with Gasteiger partial charge in [0.1, 0.15) is 5.82 Å². The molecule has 0 radical (unpaired) electrons. The third-order valence-electron chi connectivity index (χ3n) is 3.94. The molecule has 3 nitrogen and oxygen atoms in total. The van der Waals surface area contributed by atoms with Gasteiger partial charge in [-0.3, -0.25) is 0 Å². The van der Waals surface area contributed by atoms with Gasteiger partial charge in [-0.25, -0.2) is 4.39 Å². The molecule has 0 saturated carbocycles. The number of anilines is 1. The fourth-order valence-corrected chi connectivity index (χ4v) is 2.49. The first kappa shape index (κ1) is 14.3. The number of hydrogen-bond donors (Lipinski definition) is 1. The third kappa shape index (κ3) is 2.48. The minimum Gasteiger partial charge on any atom is -0.368 e. The largest absolute Gasteiger partial charge is 0.368 e. The zero-order chi connectivity index (χ0) is 15.7. The van der Waals surface area contributed by atoms with Crippen LogP contribution in [0.3, 0.4) is 0 Å². The molecule has 0 saturated heterocycles. The molecule has 3 aromatic rings. The molecule has 22 heavy (non-hydrogen) atoms. The number of nitrogens with zero attached hydrogens (tertiary/aromatic N) is 1. The van der Waals surface area contributed by atoms with Gasteiger partial charge in [-0.15, -0.1) is 0 Å². The molecule has 0 atom stereocenters. The van der Waals surface area contributed by atoms with Crippen LogP contribution in [0.1, 0.15) is 25.1 Å². The van der Waals surface area contributed by atoms with E-state index in [1.165, 1.54) is 0 Å². The maximum Gasteiger partial charge on any atom is 0.222 e. The standard InChI is InChI=1S/C18H17FN2O/c1-18(2,16-11-17(20)22-21-16)13-8-9-14(15(19)10-13)12-6-4-3-5-7-12/h3-11H,20H2,1-2H3. The molecular weight excluding hydrogens is 279 g/mol. The Morgan fingerprint density at radius 2 is 1.77 bits per heavy atom. The van der Waals surface area contributed by atoms with Crippen LogP contribution in [0.2, 0.25) is 0 Å². The van der Waals surface area contributed by atoms with E-state index >= 15 is 0 Å². The Morgan fingerprint density at radius 1 is 1.05 bits per heavy atom. The molecule has 2 N–H and O–H groups in total. The number of aromatic nitrogens is 1. The summed E-state index contributed by atoms with van der Waals surface area (Å²) < 4.78 is 19.4. The lowest BCUT2D eigenvalue weighted by atomic mass is 9.81. The minimum absolute atomic E-state index is 0.254. The summed E-state index contributed by atoms with van der Waals surface area (Å²) >= 11 is 0. The second-order valence-corrected chi connectivity index (χ2v) is 5.80. The Hall–Kier alpha value is -2.62. The van der Waals surface area contributed by atoms with E-state index in [4.69, 9.17) is 10.3 Å². The van der Waals surface area contributed by atoms with Crippen molar-refractivity contribution >= 4 is 5.88 Å². The van der Waals surface area contributed by atoms with Crippen molar-refractivity contribution in [3.05, 3.63) is 71.7 Å². The molecule has 2 aromatic carbocycles. The number of nitrogens with two attached hydrogens (primary N) is 1. The van der Waals surface area contributed by atoms with E-state index < -0.39 is 5.41 Å². The Balaban J connectivity index is 2.02. The zero-order valence-corrected chi connectivity index (χ0v) is 12.5. The summed E-state index contributed by atoms with van der Waals surface area (Å²) in [6.07, 6.45) is 0. The lowest BCUT2D eigenvalue weighted by Crippen LogP contribution is -2.19. The number of halogens is 1. The summed E-state index contributed by atoms with van der Waals surface area (Å²) in [5.74, 6) is -0.00213. The summed E-state index contributed by atoms with van der Waals surface area (Å²) in [6.45, 7) is 3.92. The minimum atomic E-state index is -0.489. The molecule has 112 valence electrons. The molecule has 1 aromatic heterocycles. The highest BCUT2D eigenvalue weighted by atomic mass is 19.1. The molecule has 0 unspecified atom stereocenters. The van der Waals surface area contributed by atoms with E-state index in [9.17, 15) is 4.39 Å². The van der Waals surface area contributed by atoms with Crippen molar-refractivity contribution < 1.29 is 8.91 Å². The number of hydrogen-bond acceptors (Lipinski definition) is 3. The molecule has 0 aliphatic heterocycles. The summed E-state index contributed by atoms with van der Waals surface area (Å²) in [7, 11) is 0. The monoisotopic (exact) mass is 296 g/mol. The lowest BCUT2D eigenvalue weighted by molar-refractivity contribution is 0.411. The van der Waals surface area contributed by atoms with Crippen LogP contribution in [-0.4, -0.2) is 5.16 Å². The highest BCUT2D eigenvalue weighted by Gasteiger charge is 2.27. The van der Waals surface area contributed by atoms with E-state index in [0.29, 0.717) is 11.3 Å². The van der Waals surface area contributed by atoms with E-state index in [2.05, 4.69) is 5.16 Å². The van der Waals surface area contributed by atoms with Crippen molar-refractivity contribution in [2.45, 2.75) is 19.3 Å². The topological polar surface area (TPSA) is 52.0 Å². The van der Waals surface area contributed by atoms with Crippen molar-refractivity contribution in [3.8, 4) is 11.1 Å². The highest BCUT2D eigenvalue weighted by Crippen LogP contribution is 2.34. The van der Waals surface area contributed by atoms with Crippen molar-refractivity contribution in [2.24, 2.45) is 0 Å². The molecule has 0 fully saturated rings.